The van der Waals surface area contributed by atoms with Crippen molar-refractivity contribution >= 4 is 28.3 Å². The number of benzene rings is 1. The van der Waals surface area contributed by atoms with Crippen molar-refractivity contribution in [3.63, 3.8) is 0 Å². The van der Waals surface area contributed by atoms with Crippen molar-refractivity contribution in [2.75, 3.05) is 12.4 Å². The molecule has 3 rings (SSSR count). The van der Waals surface area contributed by atoms with Gasteiger partial charge >= 0.3 is 5.97 Å². The highest BCUT2D eigenvalue weighted by molar-refractivity contribution is 7.16. The van der Waals surface area contributed by atoms with Crippen LogP contribution in [0.15, 0.2) is 30.3 Å². The molecule has 0 bridgehead atoms. The fourth-order valence-electron chi connectivity index (χ4n) is 3.54. The monoisotopic (exact) mass is 386 g/mol. The van der Waals surface area contributed by atoms with E-state index in [9.17, 15) is 9.59 Å². The molecule has 1 saturated carbocycles. The van der Waals surface area contributed by atoms with Gasteiger partial charge in [0.2, 0.25) is 5.91 Å². The lowest BCUT2D eigenvalue weighted by atomic mass is 9.86. The average molecular weight is 387 g/mol. The third-order valence-corrected chi connectivity index (χ3v) is 6.00. The van der Waals surface area contributed by atoms with Crippen LogP contribution in [-0.4, -0.2) is 24.0 Å². The van der Waals surface area contributed by atoms with Crippen LogP contribution in [0.4, 0.5) is 5.13 Å². The summed E-state index contributed by atoms with van der Waals surface area (Å²) in [6, 6.07) is 9.69. The van der Waals surface area contributed by atoms with E-state index in [1.54, 1.807) is 0 Å². The zero-order valence-electron chi connectivity index (χ0n) is 15.7. The molecule has 2 aromatic rings. The number of anilines is 1. The van der Waals surface area contributed by atoms with Gasteiger partial charge in [-0.05, 0) is 12.3 Å². The van der Waals surface area contributed by atoms with Gasteiger partial charge in [-0.25, -0.2) is 4.98 Å². The van der Waals surface area contributed by atoms with Crippen LogP contribution in [0.25, 0.3) is 11.3 Å². The van der Waals surface area contributed by atoms with Crippen LogP contribution in [0.2, 0.25) is 0 Å². The normalized spacial score (nSPS) is 14.7. The van der Waals surface area contributed by atoms with E-state index < -0.39 is 0 Å². The minimum Gasteiger partial charge on any atom is -0.469 e. The molecule has 1 aliphatic carbocycles. The molecule has 27 heavy (non-hydrogen) atoms. The maximum absolute atomic E-state index is 12.4. The molecule has 1 aromatic carbocycles. The molecule has 144 valence electrons. The van der Waals surface area contributed by atoms with Crippen molar-refractivity contribution in [1.82, 2.24) is 4.98 Å². The van der Waals surface area contributed by atoms with Crippen LogP contribution in [0.3, 0.4) is 0 Å². The Balaban J connectivity index is 1.67. The van der Waals surface area contributed by atoms with E-state index in [2.05, 4.69) is 10.3 Å². The Morgan fingerprint density at radius 2 is 1.93 bits per heavy atom. The van der Waals surface area contributed by atoms with Crippen molar-refractivity contribution in [2.24, 2.45) is 5.92 Å². The van der Waals surface area contributed by atoms with Crippen LogP contribution >= 0.6 is 11.3 Å². The molecule has 0 spiro atoms. The first-order valence-corrected chi connectivity index (χ1v) is 10.4. The lowest BCUT2D eigenvalue weighted by Crippen LogP contribution is -2.14. The van der Waals surface area contributed by atoms with Gasteiger partial charge in [-0.15, -0.1) is 11.3 Å². The van der Waals surface area contributed by atoms with Crippen molar-refractivity contribution in [1.29, 1.82) is 0 Å². The van der Waals surface area contributed by atoms with E-state index >= 15 is 0 Å². The molecule has 1 amide bonds. The SMILES string of the molecule is COC(=O)Cc1sc(NC(=O)CCC2CCCCC2)nc1-c1ccccc1. The molecular weight excluding hydrogens is 360 g/mol. The minimum absolute atomic E-state index is 0.00134. The number of nitrogens with zero attached hydrogens (tertiary/aromatic N) is 1. The number of hydrogen-bond acceptors (Lipinski definition) is 5. The predicted octanol–water partition coefficient (Wildman–Crippen LogP) is 4.82. The Bertz CT molecular complexity index is 767. The predicted molar refractivity (Wildman–Crippen MR) is 108 cm³/mol. The summed E-state index contributed by atoms with van der Waals surface area (Å²) in [6.07, 6.45) is 8.00. The summed E-state index contributed by atoms with van der Waals surface area (Å²) in [6.45, 7) is 0. The Labute approximate surface area is 164 Å². The van der Waals surface area contributed by atoms with Crippen LogP contribution in [0.1, 0.15) is 49.8 Å². The largest absolute Gasteiger partial charge is 0.469 e. The standard InChI is InChI=1S/C21H26N2O3S/c1-26-19(25)14-17-20(16-10-6-3-7-11-16)23-21(27-17)22-18(24)13-12-15-8-4-2-5-9-15/h3,6-7,10-11,15H,2,4-5,8-9,12-14H2,1H3,(H,22,23,24). The van der Waals surface area contributed by atoms with Gasteiger partial charge in [-0.3, -0.25) is 9.59 Å². The van der Waals surface area contributed by atoms with E-state index in [4.69, 9.17) is 4.74 Å². The maximum Gasteiger partial charge on any atom is 0.310 e. The highest BCUT2D eigenvalue weighted by Gasteiger charge is 2.19. The van der Waals surface area contributed by atoms with Gasteiger partial charge in [0.05, 0.1) is 19.2 Å². The second-order valence-electron chi connectivity index (χ2n) is 7.00. The highest BCUT2D eigenvalue weighted by atomic mass is 32.1. The van der Waals surface area contributed by atoms with Crippen molar-refractivity contribution in [3.8, 4) is 11.3 Å². The third kappa shape index (κ3) is 5.63. The second-order valence-corrected chi connectivity index (χ2v) is 8.08. The van der Waals surface area contributed by atoms with E-state index in [0.29, 0.717) is 17.5 Å². The summed E-state index contributed by atoms with van der Waals surface area (Å²) in [7, 11) is 1.37. The third-order valence-electron chi connectivity index (χ3n) is 5.03. The number of amides is 1. The van der Waals surface area contributed by atoms with Crippen molar-refractivity contribution in [3.05, 3.63) is 35.2 Å². The molecule has 1 aromatic heterocycles. The molecule has 0 unspecified atom stereocenters. The average Bonchev–Trinajstić information content (AvgIpc) is 3.09. The Hall–Kier alpha value is -2.21. The number of carbonyl (C=O) groups excluding carboxylic acids is 2. The van der Waals surface area contributed by atoms with E-state index in [1.807, 2.05) is 30.3 Å². The van der Waals surface area contributed by atoms with Gasteiger partial charge in [-0.1, -0.05) is 62.4 Å². The number of methoxy groups -OCH3 is 1. The highest BCUT2D eigenvalue weighted by Crippen LogP contribution is 2.32. The molecule has 0 atom stereocenters. The number of ether oxygens (including phenoxy) is 1. The molecule has 0 radical (unpaired) electrons. The van der Waals surface area contributed by atoms with Crippen LogP contribution in [-0.2, 0) is 20.7 Å². The van der Waals surface area contributed by atoms with Crippen molar-refractivity contribution < 1.29 is 14.3 Å². The minimum atomic E-state index is -0.314. The van der Waals surface area contributed by atoms with Gasteiger partial charge in [0, 0.05) is 16.9 Å². The topological polar surface area (TPSA) is 68.3 Å². The quantitative estimate of drug-likeness (QED) is 0.693. The van der Waals surface area contributed by atoms with E-state index in [1.165, 1.54) is 50.6 Å². The number of carbonyl (C=O) groups is 2. The molecule has 0 aliphatic heterocycles. The fraction of sp³-hybridized carbons (Fsp3) is 0.476. The molecule has 1 fully saturated rings. The molecule has 0 saturated heterocycles. The van der Waals surface area contributed by atoms with E-state index in [-0.39, 0.29) is 18.3 Å². The molecular formula is C21H26N2O3S. The first-order chi connectivity index (χ1) is 13.2. The summed E-state index contributed by atoms with van der Waals surface area (Å²) < 4.78 is 4.79. The summed E-state index contributed by atoms with van der Waals surface area (Å²) in [5.74, 6) is 0.361. The number of aromatic nitrogens is 1. The number of nitrogens with one attached hydrogen (secondary N) is 1. The van der Waals surface area contributed by atoms with E-state index in [0.717, 1.165) is 22.6 Å². The smallest absolute Gasteiger partial charge is 0.310 e. The number of hydrogen-bond donors (Lipinski definition) is 1. The van der Waals surface area contributed by atoms with Gasteiger partial charge in [0.1, 0.15) is 0 Å². The fourth-order valence-corrected chi connectivity index (χ4v) is 4.53. The summed E-state index contributed by atoms with van der Waals surface area (Å²) in [4.78, 5) is 29.5. The lowest BCUT2D eigenvalue weighted by molar-refractivity contribution is -0.139. The second kappa shape index (κ2) is 9.65. The van der Waals surface area contributed by atoms with Crippen molar-refractivity contribution in [2.45, 2.75) is 51.4 Å². The molecule has 6 heteroatoms. The lowest BCUT2D eigenvalue weighted by Gasteiger charge is -2.20. The van der Waals surface area contributed by atoms with Crippen LogP contribution in [0.5, 0.6) is 0 Å². The molecule has 5 nitrogen and oxygen atoms in total. The zero-order valence-corrected chi connectivity index (χ0v) is 16.5. The Morgan fingerprint density at radius 3 is 2.63 bits per heavy atom. The number of thiazole rings is 1. The van der Waals surface area contributed by atoms with Crippen LogP contribution < -0.4 is 5.32 Å². The Kier molecular flexibility index (Phi) is 6.98. The molecule has 1 aliphatic rings. The summed E-state index contributed by atoms with van der Waals surface area (Å²) in [5, 5.41) is 3.46. The maximum atomic E-state index is 12.4. The van der Waals surface area contributed by atoms with Crippen LogP contribution in [0, 0.1) is 5.92 Å². The summed E-state index contributed by atoms with van der Waals surface area (Å²) in [5.41, 5.74) is 1.66. The summed E-state index contributed by atoms with van der Waals surface area (Å²) >= 11 is 1.34. The number of esters is 1. The first kappa shape index (κ1) is 19.5. The van der Waals surface area contributed by atoms with Gasteiger partial charge in [-0.2, -0.15) is 0 Å². The first-order valence-electron chi connectivity index (χ1n) is 9.57. The molecule has 1 heterocycles. The van der Waals surface area contributed by atoms with Gasteiger partial charge < -0.3 is 10.1 Å². The van der Waals surface area contributed by atoms with Gasteiger partial charge in [0.15, 0.2) is 5.13 Å². The molecule has 1 N–H and O–H groups in total. The number of rotatable bonds is 7. The zero-order chi connectivity index (χ0) is 19.1. The van der Waals surface area contributed by atoms with Gasteiger partial charge in [0.25, 0.3) is 0 Å². The Morgan fingerprint density at radius 1 is 1.19 bits per heavy atom.